The van der Waals surface area contributed by atoms with Crippen LogP contribution in [0, 0.1) is 11.3 Å². The van der Waals surface area contributed by atoms with Crippen LogP contribution in [0.3, 0.4) is 0 Å². The first-order valence-corrected chi connectivity index (χ1v) is 7.57. The van der Waals surface area contributed by atoms with E-state index in [1.54, 1.807) is 17.0 Å². The van der Waals surface area contributed by atoms with E-state index in [0.717, 1.165) is 24.1 Å². The predicted molar refractivity (Wildman–Crippen MR) is 84.7 cm³/mol. The molecule has 2 N–H and O–H groups in total. The zero-order chi connectivity index (χ0) is 15.9. The average molecular weight is 314 g/mol. The van der Waals surface area contributed by atoms with Crippen LogP contribution >= 0.6 is 11.6 Å². The third kappa shape index (κ3) is 2.18. The lowest BCUT2D eigenvalue weighted by Crippen LogP contribution is -2.36. The number of allylic oxidation sites excluding steroid dienone is 3. The molecule has 0 saturated heterocycles. The molecule has 4 nitrogen and oxygen atoms in total. The van der Waals surface area contributed by atoms with Crippen molar-refractivity contribution in [2.24, 2.45) is 5.73 Å². The van der Waals surface area contributed by atoms with Gasteiger partial charge in [0.2, 0.25) is 0 Å². The van der Waals surface area contributed by atoms with Crippen LogP contribution in [0.2, 0.25) is 5.02 Å². The lowest BCUT2D eigenvalue weighted by molar-refractivity contribution is -0.116. The van der Waals surface area contributed by atoms with Crippen LogP contribution in [0.1, 0.15) is 30.7 Å². The van der Waals surface area contributed by atoms with Gasteiger partial charge in [0.05, 0.1) is 17.6 Å². The maximum absolute atomic E-state index is 12.5. The van der Waals surface area contributed by atoms with Crippen molar-refractivity contribution in [1.29, 1.82) is 5.26 Å². The van der Waals surface area contributed by atoms with Crippen LogP contribution in [-0.2, 0) is 4.79 Å². The number of hydrogen-bond acceptors (Lipinski definition) is 4. The van der Waals surface area contributed by atoms with Gasteiger partial charge in [-0.15, -0.1) is 0 Å². The summed E-state index contributed by atoms with van der Waals surface area (Å²) in [5, 5.41) is 10.2. The van der Waals surface area contributed by atoms with E-state index in [9.17, 15) is 10.1 Å². The number of halogens is 1. The molecule has 1 atom stereocenters. The van der Waals surface area contributed by atoms with E-state index < -0.39 is 0 Å². The predicted octanol–water partition coefficient (Wildman–Crippen LogP) is 3.07. The Morgan fingerprint density at radius 3 is 2.64 bits per heavy atom. The van der Waals surface area contributed by atoms with Gasteiger partial charge in [0.1, 0.15) is 5.82 Å². The summed E-state index contributed by atoms with van der Waals surface area (Å²) in [5.74, 6) is 0.144. The molecule has 0 radical (unpaired) electrons. The summed E-state index contributed by atoms with van der Waals surface area (Å²) in [4.78, 5) is 14.3. The Morgan fingerprint density at radius 1 is 1.32 bits per heavy atom. The van der Waals surface area contributed by atoms with Crippen LogP contribution < -0.4 is 5.73 Å². The standard InChI is InChI=1S/C17H16ClN3O/c1-21-13-3-2-4-14(22)16(13)15(12(9-19)17(21)20)10-5-7-11(18)8-6-10/h5-8,15H,2-4,20H2,1H3/t15-/m1/s1. The Labute approximate surface area is 134 Å². The number of carbonyl (C=O) groups is 1. The van der Waals surface area contributed by atoms with Crippen LogP contribution in [0.15, 0.2) is 46.9 Å². The number of nitriles is 1. The SMILES string of the molecule is CN1C(N)=C(C#N)[C@@H](c2ccc(Cl)cc2)C2=C1CCCC2=O. The molecule has 0 saturated carbocycles. The summed E-state index contributed by atoms with van der Waals surface area (Å²) >= 11 is 5.95. The summed E-state index contributed by atoms with van der Waals surface area (Å²) in [7, 11) is 1.82. The van der Waals surface area contributed by atoms with Gasteiger partial charge >= 0.3 is 0 Å². The minimum absolute atomic E-state index is 0.105. The fourth-order valence-electron chi connectivity index (χ4n) is 3.25. The molecule has 0 fully saturated rings. The first-order valence-electron chi connectivity index (χ1n) is 7.19. The number of nitrogens with two attached hydrogens (primary N) is 1. The number of Topliss-reactive ketones (excluding diaryl/α,β-unsaturated/α-hetero) is 1. The molecule has 0 spiro atoms. The molecule has 1 aliphatic carbocycles. The second-order valence-electron chi connectivity index (χ2n) is 5.59. The highest BCUT2D eigenvalue weighted by Gasteiger charge is 2.38. The lowest BCUT2D eigenvalue weighted by Gasteiger charge is -2.37. The van der Waals surface area contributed by atoms with Crippen molar-refractivity contribution in [2.45, 2.75) is 25.2 Å². The minimum Gasteiger partial charge on any atom is -0.384 e. The normalized spacial score (nSPS) is 21.8. The highest BCUT2D eigenvalue weighted by atomic mass is 35.5. The molecule has 5 heteroatoms. The zero-order valence-electron chi connectivity index (χ0n) is 12.3. The van der Waals surface area contributed by atoms with Gasteiger partial charge in [-0.2, -0.15) is 5.26 Å². The van der Waals surface area contributed by atoms with Crippen molar-refractivity contribution >= 4 is 17.4 Å². The zero-order valence-corrected chi connectivity index (χ0v) is 13.0. The fraction of sp³-hybridized carbons (Fsp3) is 0.294. The van der Waals surface area contributed by atoms with Crippen molar-refractivity contribution < 1.29 is 4.79 Å². The number of ketones is 1. The molecular weight excluding hydrogens is 298 g/mol. The lowest BCUT2D eigenvalue weighted by atomic mass is 9.76. The molecule has 112 valence electrons. The van der Waals surface area contributed by atoms with Gasteiger partial charge in [0.15, 0.2) is 5.78 Å². The van der Waals surface area contributed by atoms with E-state index >= 15 is 0 Å². The summed E-state index contributed by atoms with van der Waals surface area (Å²) in [5.41, 5.74) is 9.11. The molecule has 1 aliphatic heterocycles. The summed E-state index contributed by atoms with van der Waals surface area (Å²) < 4.78 is 0. The smallest absolute Gasteiger partial charge is 0.161 e. The quantitative estimate of drug-likeness (QED) is 0.865. The second kappa shape index (κ2) is 5.51. The number of benzene rings is 1. The van der Waals surface area contributed by atoms with Gasteiger partial charge in [0, 0.05) is 29.8 Å². The first kappa shape index (κ1) is 14.7. The maximum Gasteiger partial charge on any atom is 0.161 e. The Hall–Kier alpha value is -2.25. The van der Waals surface area contributed by atoms with Crippen LogP contribution in [0.4, 0.5) is 0 Å². The summed E-state index contributed by atoms with van der Waals surface area (Å²) in [6, 6.07) is 9.45. The van der Waals surface area contributed by atoms with Gasteiger partial charge in [0.25, 0.3) is 0 Å². The van der Waals surface area contributed by atoms with Crippen LogP contribution in [-0.4, -0.2) is 17.7 Å². The molecule has 1 aromatic carbocycles. The molecule has 3 rings (SSSR count). The maximum atomic E-state index is 12.5. The van der Waals surface area contributed by atoms with Gasteiger partial charge in [-0.1, -0.05) is 23.7 Å². The van der Waals surface area contributed by atoms with Crippen molar-refractivity contribution in [3.8, 4) is 6.07 Å². The van der Waals surface area contributed by atoms with E-state index in [4.69, 9.17) is 17.3 Å². The second-order valence-corrected chi connectivity index (χ2v) is 6.03. The highest BCUT2D eigenvalue weighted by molar-refractivity contribution is 6.30. The fourth-order valence-corrected chi connectivity index (χ4v) is 3.38. The number of hydrogen-bond donors (Lipinski definition) is 1. The number of rotatable bonds is 1. The first-order chi connectivity index (χ1) is 10.5. The van der Waals surface area contributed by atoms with E-state index in [0.29, 0.717) is 28.4 Å². The molecule has 0 bridgehead atoms. The van der Waals surface area contributed by atoms with E-state index in [1.807, 2.05) is 19.2 Å². The number of nitrogens with zero attached hydrogens (tertiary/aromatic N) is 2. The topological polar surface area (TPSA) is 70.1 Å². The Morgan fingerprint density at radius 2 is 2.00 bits per heavy atom. The molecule has 2 aliphatic rings. The van der Waals surface area contributed by atoms with Gasteiger partial charge in [-0.25, -0.2) is 0 Å². The average Bonchev–Trinajstić information content (AvgIpc) is 2.52. The van der Waals surface area contributed by atoms with Crippen molar-refractivity contribution in [3.05, 3.63) is 57.5 Å². The monoisotopic (exact) mass is 313 g/mol. The van der Waals surface area contributed by atoms with Gasteiger partial charge < -0.3 is 10.6 Å². The molecule has 1 aromatic rings. The van der Waals surface area contributed by atoms with Crippen molar-refractivity contribution in [3.63, 3.8) is 0 Å². The van der Waals surface area contributed by atoms with Crippen LogP contribution in [0.5, 0.6) is 0 Å². The number of carbonyl (C=O) groups excluding carboxylic acids is 1. The van der Waals surface area contributed by atoms with Crippen molar-refractivity contribution in [2.75, 3.05) is 7.05 Å². The summed E-state index contributed by atoms with van der Waals surface area (Å²) in [6.07, 6.45) is 2.15. The van der Waals surface area contributed by atoms with E-state index in [-0.39, 0.29) is 11.7 Å². The molecular formula is C17H16ClN3O. The van der Waals surface area contributed by atoms with E-state index in [1.165, 1.54) is 0 Å². The highest BCUT2D eigenvalue weighted by Crippen LogP contribution is 2.44. The van der Waals surface area contributed by atoms with Gasteiger partial charge in [-0.3, -0.25) is 4.79 Å². The molecule has 1 heterocycles. The minimum atomic E-state index is -0.388. The third-order valence-corrected chi connectivity index (χ3v) is 4.62. The summed E-state index contributed by atoms with van der Waals surface area (Å²) in [6.45, 7) is 0. The third-order valence-electron chi connectivity index (χ3n) is 4.37. The molecule has 22 heavy (non-hydrogen) atoms. The van der Waals surface area contributed by atoms with Gasteiger partial charge in [-0.05, 0) is 30.5 Å². The molecule has 0 unspecified atom stereocenters. The van der Waals surface area contributed by atoms with E-state index in [2.05, 4.69) is 6.07 Å². The largest absolute Gasteiger partial charge is 0.384 e. The Balaban J connectivity index is 2.22. The van der Waals surface area contributed by atoms with Crippen molar-refractivity contribution in [1.82, 2.24) is 4.90 Å². The van der Waals surface area contributed by atoms with Crippen LogP contribution in [0.25, 0.3) is 0 Å². The molecule has 0 amide bonds. The Bertz CT molecular complexity index is 740. The Kier molecular flexibility index (Phi) is 3.67. The molecule has 0 aromatic heterocycles.